The predicted octanol–water partition coefficient (Wildman–Crippen LogP) is 4.67. The number of aromatic nitrogens is 2. The van der Waals surface area contributed by atoms with Gasteiger partial charge in [-0.05, 0) is 49.7 Å². The standard InChI is InChI=1S/C25H27N5O4S/c1-15-12-16-13-17(6-7-20(16)30(15)24(32)26-2)28-18-8-10-27-19-14-21(35-22(18)19)23(31)29-11-5-9-25(29,33-3)34-4/h6-8,10,12-14H,5,9,11H2,1-4H3,(H,26,32)(H,27,28). The predicted molar refractivity (Wildman–Crippen MR) is 136 cm³/mol. The third kappa shape index (κ3) is 3.83. The molecule has 1 fully saturated rings. The lowest BCUT2D eigenvalue weighted by atomic mass is 10.2. The van der Waals surface area contributed by atoms with E-state index in [1.165, 1.54) is 11.3 Å². The lowest BCUT2D eigenvalue weighted by Gasteiger charge is -2.34. The van der Waals surface area contributed by atoms with Gasteiger partial charge in [-0.15, -0.1) is 11.3 Å². The molecule has 9 nitrogen and oxygen atoms in total. The second-order valence-electron chi connectivity index (χ2n) is 8.44. The highest BCUT2D eigenvalue weighted by molar-refractivity contribution is 7.21. The molecule has 5 rings (SSSR count). The molecule has 35 heavy (non-hydrogen) atoms. The molecule has 4 heterocycles. The summed E-state index contributed by atoms with van der Waals surface area (Å²) in [4.78, 5) is 32.3. The average molecular weight is 494 g/mol. The zero-order valence-corrected chi connectivity index (χ0v) is 20.9. The van der Waals surface area contributed by atoms with Crippen molar-refractivity contribution in [2.45, 2.75) is 25.7 Å². The summed E-state index contributed by atoms with van der Waals surface area (Å²) < 4.78 is 13.7. The van der Waals surface area contributed by atoms with Crippen molar-refractivity contribution < 1.29 is 19.1 Å². The molecule has 0 bridgehead atoms. The van der Waals surface area contributed by atoms with Crippen LogP contribution in [0.15, 0.2) is 42.6 Å². The zero-order valence-electron chi connectivity index (χ0n) is 20.0. The van der Waals surface area contributed by atoms with Gasteiger partial charge < -0.3 is 20.1 Å². The van der Waals surface area contributed by atoms with Crippen LogP contribution < -0.4 is 10.6 Å². The number of pyridine rings is 1. The fourth-order valence-corrected chi connectivity index (χ4v) is 5.81. The minimum absolute atomic E-state index is 0.132. The van der Waals surface area contributed by atoms with Crippen LogP contribution in [0.3, 0.4) is 0 Å². The van der Waals surface area contributed by atoms with Gasteiger partial charge in [0.25, 0.3) is 11.8 Å². The van der Waals surface area contributed by atoms with E-state index in [4.69, 9.17) is 9.47 Å². The van der Waals surface area contributed by atoms with Crippen molar-refractivity contribution in [1.29, 1.82) is 0 Å². The number of ether oxygens (including phenoxy) is 2. The number of carbonyl (C=O) groups excluding carboxylic acids is 2. The quantitative estimate of drug-likeness (QED) is 0.392. The Bertz CT molecular complexity index is 1440. The lowest BCUT2D eigenvalue weighted by molar-refractivity contribution is -0.263. The van der Waals surface area contributed by atoms with E-state index in [1.54, 1.807) is 36.9 Å². The second-order valence-corrected chi connectivity index (χ2v) is 9.49. The maximum Gasteiger partial charge on any atom is 0.325 e. The van der Waals surface area contributed by atoms with Gasteiger partial charge in [0, 0.05) is 57.2 Å². The smallest absolute Gasteiger partial charge is 0.325 e. The molecule has 0 radical (unpaired) electrons. The van der Waals surface area contributed by atoms with E-state index >= 15 is 0 Å². The maximum absolute atomic E-state index is 13.4. The largest absolute Gasteiger partial charge is 0.354 e. The van der Waals surface area contributed by atoms with Gasteiger partial charge in [-0.1, -0.05) is 0 Å². The average Bonchev–Trinajstić information content (AvgIpc) is 3.58. The van der Waals surface area contributed by atoms with Crippen LogP contribution in [0.1, 0.15) is 28.2 Å². The number of hydrogen-bond acceptors (Lipinski definition) is 7. The van der Waals surface area contributed by atoms with Crippen molar-refractivity contribution in [3.8, 4) is 0 Å². The Morgan fingerprint density at radius 1 is 1.14 bits per heavy atom. The molecule has 0 unspecified atom stereocenters. The van der Waals surface area contributed by atoms with E-state index < -0.39 is 5.91 Å². The van der Waals surface area contributed by atoms with E-state index in [-0.39, 0.29) is 11.9 Å². The molecule has 1 saturated heterocycles. The second kappa shape index (κ2) is 8.95. The normalized spacial score (nSPS) is 15.1. The van der Waals surface area contributed by atoms with Crippen LogP contribution in [0.5, 0.6) is 0 Å². The Morgan fingerprint density at radius 2 is 1.94 bits per heavy atom. The summed E-state index contributed by atoms with van der Waals surface area (Å²) in [5.74, 6) is -1.16. The van der Waals surface area contributed by atoms with Crippen molar-refractivity contribution in [2.75, 3.05) is 33.1 Å². The SMILES string of the molecule is CNC(=O)n1c(C)cc2cc(Nc3ccnc4cc(C(=O)N5CCCC5(OC)OC)sc34)ccc21. The first-order chi connectivity index (χ1) is 16.9. The summed E-state index contributed by atoms with van der Waals surface area (Å²) in [5.41, 5.74) is 4.16. The number of methoxy groups -OCH3 is 2. The summed E-state index contributed by atoms with van der Waals surface area (Å²) in [6.45, 7) is 2.48. The molecular formula is C25H27N5O4S. The number of aryl methyl sites for hydroxylation is 1. The summed E-state index contributed by atoms with van der Waals surface area (Å²) in [6, 6.07) is 11.4. The number of carbonyl (C=O) groups is 2. The van der Waals surface area contributed by atoms with E-state index in [2.05, 4.69) is 15.6 Å². The molecule has 3 aromatic heterocycles. The first-order valence-electron chi connectivity index (χ1n) is 11.3. The van der Waals surface area contributed by atoms with Crippen molar-refractivity contribution in [3.05, 3.63) is 53.2 Å². The minimum Gasteiger partial charge on any atom is -0.354 e. The molecule has 10 heteroatoms. The third-order valence-corrected chi connectivity index (χ3v) is 7.62. The fraction of sp³-hybridized carbons (Fsp3) is 0.320. The molecule has 0 spiro atoms. The number of nitrogens with zero attached hydrogens (tertiary/aromatic N) is 3. The van der Waals surface area contributed by atoms with E-state index in [0.29, 0.717) is 17.8 Å². The molecule has 1 aliphatic rings. The Kier molecular flexibility index (Phi) is 5.96. The molecule has 4 aromatic rings. The van der Waals surface area contributed by atoms with E-state index in [1.807, 2.05) is 43.3 Å². The highest BCUT2D eigenvalue weighted by atomic mass is 32.1. The van der Waals surface area contributed by atoms with Crippen LogP contribution in [0.4, 0.5) is 16.2 Å². The van der Waals surface area contributed by atoms with Crippen LogP contribution in [0.2, 0.25) is 0 Å². The highest BCUT2D eigenvalue weighted by Gasteiger charge is 2.45. The van der Waals surface area contributed by atoms with Crippen molar-refractivity contribution in [1.82, 2.24) is 19.8 Å². The monoisotopic (exact) mass is 493 g/mol. The lowest BCUT2D eigenvalue weighted by Crippen LogP contribution is -2.50. The van der Waals surface area contributed by atoms with Crippen LogP contribution in [0, 0.1) is 6.92 Å². The fourth-order valence-electron chi connectivity index (χ4n) is 4.77. The molecule has 2 amide bonds. The number of anilines is 2. The number of likely N-dealkylation sites (tertiary alicyclic amines) is 1. The molecule has 0 aliphatic carbocycles. The Morgan fingerprint density at radius 3 is 2.69 bits per heavy atom. The maximum atomic E-state index is 13.4. The van der Waals surface area contributed by atoms with Gasteiger partial charge in [0.2, 0.25) is 0 Å². The number of fused-ring (bicyclic) bond motifs is 2. The molecule has 0 atom stereocenters. The van der Waals surface area contributed by atoms with Crippen LogP contribution in [-0.2, 0) is 9.47 Å². The summed E-state index contributed by atoms with van der Waals surface area (Å²) in [6.07, 6.45) is 3.17. The summed E-state index contributed by atoms with van der Waals surface area (Å²) in [7, 11) is 4.74. The molecular weight excluding hydrogens is 466 g/mol. The van der Waals surface area contributed by atoms with Crippen molar-refractivity contribution >= 4 is 55.8 Å². The molecule has 182 valence electrons. The van der Waals surface area contributed by atoms with Crippen molar-refractivity contribution in [3.63, 3.8) is 0 Å². The van der Waals surface area contributed by atoms with Gasteiger partial charge in [-0.3, -0.25) is 19.2 Å². The van der Waals surface area contributed by atoms with Crippen molar-refractivity contribution in [2.24, 2.45) is 0 Å². The number of thiophene rings is 1. The third-order valence-electron chi connectivity index (χ3n) is 6.47. The van der Waals surface area contributed by atoms with Crippen LogP contribution in [-0.4, -0.2) is 60.1 Å². The molecule has 2 N–H and O–H groups in total. The van der Waals surface area contributed by atoms with Gasteiger partial charge in [-0.2, -0.15) is 0 Å². The summed E-state index contributed by atoms with van der Waals surface area (Å²) >= 11 is 1.39. The van der Waals surface area contributed by atoms with E-state index in [0.717, 1.165) is 44.6 Å². The number of amides is 2. The van der Waals surface area contributed by atoms with E-state index in [9.17, 15) is 9.59 Å². The number of rotatable bonds is 5. The zero-order chi connectivity index (χ0) is 24.7. The summed E-state index contributed by atoms with van der Waals surface area (Å²) in [5, 5.41) is 7.08. The number of nitrogens with one attached hydrogen (secondary N) is 2. The Hall–Kier alpha value is -3.47. The van der Waals surface area contributed by atoms with Gasteiger partial charge >= 0.3 is 6.03 Å². The van der Waals surface area contributed by atoms with Gasteiger partial charge in [0.15, 0.2) is 0 Å². The molecule has 0 saturated carbocycles. The Labute approximate surface area is 206 Å². The number of benzene rings is 1. The van der Waals surface area contributed by atoms with Crippen LogP contribution in [0.25, 0.3) is 21.1 Å². The minimum atomic E-state index is -1.03. The topological polar surface area (TPSA) is 97.7 Å². The van der Waals surface area contributed by atoms with Gasteiger partial charge in [0.05, 0.1) is 26.3 Å². The first-order valence-corrected chi connectivity index (χ1v) is 12.1. The highest BCUT2D eigenvalue weighted by Crippen LogP contribution is 2.37. The molecule has 1 aromatic carbocycles. The molecule has 1 aliphatic heterocycles. The van der Waals surface area contributed by atoms with Gasteiger partial charge in [0.1, 0.15) is 0 Å². The first kappa shape index (κ1) is 23.3. The number of hydrogen-bond donors (Lipinski definition) is 2. The van der Waals surface area contributed by atoms with Crippen LogP contribution >= 0.6 is 11.3 Å². The Balaban J connectivity index is 1.47. The van der Waals surface area contributed by atoms with Gasteiger partial charge in [-0.25, -0.2) is 4.79 Å².